The van der Waals surface area contributed by atoms with Crippen LogP contribution in [0.3, 0.4) is 0 Å². The summed E-state index contributed by atoms with van der Waals surface area (Å²) >= 11 is 1.91. The number of rotatable bonds is 4. The molecule has 1 aliphatic heterocycles. The lowest BCUT2D eigenvalue weighted by Crippen LogP contribution is -2.31. The maximum absolute atomic E-state index is 2.48. The van der Waals surface area contributed by atoms with Crippen molar-refractivity contribution in [2.75, 3.05) is 4.90 Å². The summed E-state index contributed by atoms with van der Waals surface area (Å²) in [6.07, 6.45) is 0. The third kappa shape index (κ3) is 4.67. The van der Waals surface area contributed by atoms with E-state index in [9.17, 15) is 0 Å². The van der Waals surface area contributed by atoms with E-state index in [1.54, 1.807) is 0 Å². The standard InChI is InChI=1S/C56H39NS/c1-55(2)47-19-9-6-16-43(47)46-31-30-42(35-51(46)55)57(40-14-4-3-5-15-40)41-28-26-36(27-29-41)37-24-25-38-33-52-54(34-39(38)32-37)58-53-23-13-12-22-50(53)56(52)48-20-10-7-17-44(48)45-18-8-11-21-49(45)56/h3-35H,1-2H3. The van der Waals surface area contributed by atoms with Gasteiger partial charge in [-0.3, -0.25) is 0 Å². The second-order valence-corrected chi connectivity index (χ2v) is 17.6. The topological polar surface area (TPSA) is 3.24 Å². The van der Waals surface area contributed by atoms with Crippen molar-refractivity contribution in [2.24, 2.45) is 0 Å². The molecule has 0 N–H and O–H groups in total. The lowest BCUT2D eigenvalue weighted by Gasteiger charge is -2.40. The Bertz CT molecular complexity index is 3080. The number of nitrogens with zero attached hydrogens (tertiary/aromatic N) is 1. The fourth-order valence-electron chi connectivity index (χ4n) is 10.4. The van der Waals surface area contributed by atoms with Gasteiger partial charge in [0.05, 0.1) is 5.41 Å². The van der Waals surface area contributed by atoms with Gasteiger partial charge in [0.15, 0.2) is 0 Å². The normalized spacial score (nSPS) is 14.6. The predicted molar refractivity (Wildman–Crippen MR) is 243 cm³/mol. The van der Waals surface area contributed by atoms with E-state index in [1.165, 1.54) is 93.0 Å². The minimum absolute atomic E-state index is 0.0714. The van der Waals surface area contributed by atoms with Crippen LogP contribution in [-0.2, 0) is 10.8 Å². The van der Waals surface area contributed by atoms with Crippen molar-refractivity contribution in [1.29, 1.82) is 0 Å². The van der Waals surface area contributed by atoms with E-state index in [2.05, 4.69) is 219 Å². The minimum atomic E-state index is -0.365. The molecule has 0 atom stereocenters. The Labute approximate surface area is 344 Å². The first-order valence-corrected chi connectivity index (χ1v) is 21.1. The molecule has 2 heteroatoms. The number of benzene rings is 9. The summed E-state index contributed by atoms with van der Waals surface area (Å²) in [4.78, 5) is 5.04. The van der Waals surface area contributed by atoms with Gasteiger partial charge in [-0.15, -0.1) is 0 Å². The third-order valence-corrected chi connectivity index (χ3v) is 14.2. The van der Waals surface area contributed by atoms with Crippen LogP contribution in [0, 0.1) is 0 Å². The molecule has 0 bridgehead atoms. The van der Waals surface area contributed by atoms with E-state index < -0.39 is 0 Å². The van der Waals surface area contributed by atoms with Crippen molar-refractivity contribution < 1.29 is 0 Å². The summed E-state index contributed by atoms with van der Waals surface area (Å²) in [6.45, 7) is 4.70. The molecule has 1 nitrogen and oxygen atoms in total. The van der Waals surface area contributed by atoms with Crippen LogP contribution < -0.4 is 4.90 Å². The molecular formula is C56H39NS. The molecule has 0 saturated carbocycles. The average Bonchev–Trinajstić information content (AvgIpc) is 3.69. The van der Waals surface area contributed by atoms with Crippen molar-refractivity contribution in [3.63, 3.8) is 0 Å². The van der Waals surface area contributed by atoms with Gasteiger partial charge in [-0.25, -0.2) is 0 Å². The zero-order valence-electron chi connectivity index (χ0n) is 32.4. The van der Waals surface area contributed by atoms with E-state index >= 15 is 0 Å². The second-order valence-electron chi connectivity index (χ2n) is 16.5. The molecule has 1 heterocycles. The van der Waals surface area contributed by atoms with Crippen LogP contribution in [0.1, 0.15) is 47.2 Å². The van der Waals surface area contributed by atoms with E-state index in [1.807, 2.05) is 11.8 Å². The number of fused-ring (bicyclic) bond motifs is 13. The summed E-state index contributed by atoms with van der Waals surface area (Å²) in [5, 5.41) is 2.52. The van der Waals surface area contributed by atoms with Crippen molar-refractivity contribution in [3.05, 3.63) is 234 Å². The lowest BCUT2D eigenvalue weighted by atomic mass is 9.67. The van der Waals surface area contributed by atoms with Gasteiger partial charge in [0, 0.05) is 32.3 Å². The van der Waals surface area contributed by atoms with E-state index in [-0.39, 0.29) is 10.8 Å². The maximum atomic E-state index is 2.48. The zero-order chi connectivity index (χ0) is 38.6. The van der Waals surface area contributed by atoms with Crippen LogP contribution in [-0.4, -0.2) is 0 Å². The Hall–Kier alpha value is -6.61. The largest absolute Gasteiger partial charge is 0.310 e. The third-order valence-electron chi connectivity index (χ3n) is 13.1. The molecule has 9 aromatic carbocycles. The van der Waals surface area contributed by atoms with Gasteiger partial charge >= 0.3 is 0 Å². The van der Waals surface area contributed by atoms with E-state index in [4.69, 9.17) is 0 Å². The van der Waals surface area contributed by atoms with Crippen LogP contribution in [0.25, 0.3) is 44.2 Å². The van der Waals surface area contributed by atoms with Crippen LogP contribution >= 0.6 is 11.8 Å². The van der Waals surface area contributed by atoms with Crippen LogP contribution in [0.2, 0.25) is 0 Å². The van der Waals surface area contributed by atoms with Crippen LogP contribution in [0.15, 0.2) is 210 Å². The number of para-hydroxylation sites is 1. The quantitative estimate of drug-likeness (QED) is 0.176. The molecule has 0 amide bonds. The highest BCUT2D eigenvalue weighted by Crippen LogP contribution is 2.62. The van der Waals surface area contributed by atoms with Gasteiger partial charge in [-0.2, -0.15) is 0 Å². The fourth-order valence-corrected chi connectivity index (χ4v) is 11.7. The van der Waals surface area contributed by atoms with Crippen molar-refractivity contribution in [1.82, 2.24) is 0 Å². The highest BCUT2D eigenvalue weighted by Gasteiger charge is 2.50. The van der Waals surface area contributed by atoms with Gasteiger partial charge in [0.25, 0.3) is 0 Å². The van der Waals surface area contributed by atoms with Gasteiger partial charge < -0.3 is 4.90 Å². The summed E-state index contributed by atoms with van der Waals surface area (Å²) in [5.41, 5.74) is 19.0. The molecule has 12 rings (SSSR count). The predicted octanol–water partition coefficient (Wildman–Crippen LogP) is 15.1. The Kier molecular flexibility index (Phi) is 7.19. The lowest BCUT2D eigenvalue weighted by molar-refractivity contribution is 0.660. The molecule has 274 valence electrons. The zero-order valence-corrected chi connectivity index (χ0v) is 33.2. The first-order valence-electron chi connectivity index (χ1n) is 20.3. The fraction of sp³-hybridized carbons (Fsp3) is 0.0714. The van der Waals surface area contributed by atoms with Gasteiger partial charge in [0.2, 0.25) is 0 Å². The smallest absolute Gasteiger partial charge is 0.0735 e. The summed E-state index contributed by atoms with van der Waals surface area (Å²) < 4.78 is 0. The Morgan fingerprint density at radius 2 is 0.897 bits per heavy atom. The van der Waals surface area contributed by atoms with Crippen molar-refractivity contribution in [3.8, 4) is 33.4 Å². The molecule has 1 spiro atoms. The highest BCUT2D eigenvalue weighted by atomic mass is 32.2. The maximum Gasteiger partial charge on any atom is 0.0735 e. The summed E-state index contributed by atoms with van der Waals surface area (Å²) in [6, 6.07) is 74.8. The van der Waals surface area contributed by atoms with Crippen LogP contribution in [0.5, 0.6) is 0 Å². The highest BCUT2D eigenvalue weighted by molar-refractivity contribution is 7.99. The number of anilines is 3. The molecule has 9 aromatic rings. The Balaban J connectivity index is 0.948. The van der Waals surface area contributed by atoms with Gasteiger partial charge in [0.1, 0.15) is 0 Å². The minimum Gasteiger partial charge on any atom is -0.310 e. The molecule has 0 unspecified atom stereocenters. The number of hydrogen-bond acceptors (Lipinski definition) is 2. The van der Waals surface area contributed by atoms with Crippen LogP contribution in [0.4, 0.5) is 17.1 Å². The summed E-state index contributed by atoms with van der Waals surface area (Å²) in [7, 11) is 0. The summed E-state index contributed by atoms with van der Waals surface area (Å²) in [5.74, 6) is 0. The van der Waals surface area contributed by atoms with E-state index in [0.29, 0.717) is 0 Å². The average molecular weight is 758 g/mol. The molecule has 0 fully saturated rings. The first kappa shape index (κ1) is 33.5. The SMILES string of the molecule is CC1(C)c2ccccc2-c2ccc(N(c3ccccc3)c3ccc(-c4ccc5cc6c(cc5c4)Sc4ccccc4C64c5ccccc5-c5ccccc54)cc3)cc21. The molecule has 2 aliphatic carbocycles. The molecule has 3 aliphatic rings. The molecule has 0 aromatic heterocycles. The Morgan fingerprint density at radius 1 is 0.345 bits per heavy atom. The first-order chi connectivity index (χ1) is 28.5. The monoisotopic (exact) mass is 757 g/mol. The molecule has 0 saturated heterocycles. The van der Waals surface area contributed by atoms with Crippen molar-refractivity contribution in [2.45, 2.75) is 34.5 Å². The molecule has 0 radical (unpaired) electrons. The second kappa shape index (κ2) is 12.4. The van der Waals surface area contributed by atoms with Gasteiger partial charge in [-0.1, -0.05) is 165 Å². The number of hydrogen-bond donors (Lipinski definition) is 0. The van der Waals surface area contributed by atoms with E-state index in [0.717, 1.165) is 11.4 Å². The molecule has 58 heavy (non-hydrogen) atoms. The van der Waals surface area contributed by atoms with Gasteiger partial charge in [-0.05, 0) is 138 Å². The molecular weight excluding hydrogens is 719 g/mol. The Morgan fingerprint density at radius 3 is 1.62 bits per heavy atom. The van der Waals surface area contributed by atoms with Crippen molar-refractivity contribution >= 4 is 39.6 Å².